The molecular weight excluding hydrogens is 274 g/mol. The zero-order valence-electron chi connectivity index (χ0n) is 13.5. The van der Waals surface area contributed by atoms with Gasteiger partial charge in [-0.05, 0) is 32.2 Å². The molecule has 0 radical (unpaired) electrons. The number of hydrogen-bond acceptors (Lipinski definition) is 4. The van der Waals surface area contributed by atoms with Gasteiger partial charge < -0.3 is 11.1 Å². The molecule has 0 unspecified atom stereocenters. The Labute approximate surface area is 132 Å². The van der Waals surface area contributed by atoms with Crippen molar-refractivity contribution in [2.75, 3.05) is 18.4 Å². The molecule has 1 aliphatic rings. The number of hydrogen-bond donors (Lipinski definition) is 2. The molecule has 0 spiro atoms. The molecular formula is C17H27N5. The molecule has 0 bridgehead atoms. The minimum absolute atomic E-state index is 0.609. The van der Waals surface area contributed by atoms with E-state index in [1.807, 2.05) is 4.52 Å². The van der Waals surface area contributed by atoms with Crippen molar-refractivity contribution in [3.05, 3.63) is 23.5 Å². The Hall–Kier alpha value is -1.62. The Kier molecular flexibility index (Phi) is 4.93. The molecule has 1 aliphatic carbocycles. The molecule has 0 atom stereocenters. The van der Waals surface area contributed by atoms with E-state index in [4.69, 9.17) is 15.8 Å². The maximum atomic E-state index is 5.59. The van der Waals surface area contributed by atoms with Crippen LogP contribution in [0.15, 0.2) is 12.1 Å². The van der Waals surface area contributed by atoms with Gasteiger partial charge in [0.25, 0.3) is 0 Å². The third-order valence-corrected chi connectivity index (χ3v) is 4.57. The van der Waals surface area contributed by atoms with E-state index in [1.54, 1.807) is 0 Å². The number of rotatable bonds is 6. The highest BCUT2D eigenvalue weighted by atomic mass is 15.3. The summed E-state index contributed by atoms with van der Waals surface area (Å²) in [4.78, 5) is 4.73. The first kappa shape index (κ1) is 15.3. The highest BCUT2D eigenvalue weighted by Gasteiger charge is 2.19. The van der Waals surface area contributed by atoms with Crippen LogP contribution in [-0.4, -0.2) is 27.7 Å². The van der Waals surface area contributed by atoms with Gasteiger partial charge in [0, 0.05) is 30.3 Å². The first-order valence-electron chi connectivity index (χ1n) is 8.65. The van der Waals surface area contributed by atoms with Gasteiger partial charge in [0.05, 0.1) is 5.69 Å². The highest BCUT2D eigenvalue weighted by Crippen LogP contribution is 2.32. The molecule has 5 nitrogen and oxygen atoms in total. The molecule has 2 heterocycles. The second-order valence-electron chi connectivity index (χ2n) is 6.23. The maximum Gasteiger partial charge on any atom is 0.157 e. The van der Waals surface area contributed by atoms with Crippen molar-refractivity contribution >= 4 is 11.5 Å². The standard InChI is InChI=1S/C17H27N5/c1-2-14-11-16(19-10-6-9-18)22-17(20-14)12-15(21-22)13-7-4-3-5-8-13/h11-13,19H,2-10,18H2,1H3. The van der Waals surface area contributed by atoms with Crippen molar-refractivity contribution in [1.82, 2.24) is 14.6 Å². The molecule has 2 aromatic heterocycles. The largest absolute Gasteiger partial charge is 0.370 e. The number of aryl methyl sites for hydroxylation is 1. The highest BCUT2D eigenvalue weighted by molar-refractivity contribution is 5.51. The molecule has 0 saturated heterocycles. The summed E-state index contributed by atoms with van der Waals surface area (Å²) in [6.45, 7) is 3.71. The molecule has 0 aromatic carbocycles. The summed E-state index contributed by atoms with van der Waals surface area (Å²) < 4.78 is 1.97. The van der Waals surface area contributed by atoms with E-state index in [9.17, 15) is 0 Å². The number of aromatic nitrogens is 3. The van der Waals surface area contributed by atoms with Gasteiger partial charge in [-0.3, -0.25) is 0 Å². The molecule has 5 heteroatoms. The van der Waals surface area contributed by atoms with Crippen molar-refractivity contribution in [1.29, 1.82) is 0 Å². The normalized spacial score (nSPS) is 16.3. The number of nitrogens with two attached hydrogens (primary N) is 1. The topological polar surface area (TPSA) is 68.2 Å². The third-order valence-electron chi connectivity index (χ3n) is 4.57. The van der Waals surface area contributed by atoms with Crippen LogP contribution < -0.4 is 11.1 Å². The molecule has 1 saturated carbocycles. The van der Waals surface area contributed by atoms with E-state index in [0.29, 0.717) is 12.5 Å². The maximum absolute atomic E-state index is 5.59. The van der Waals surface area contributed by atoms with Crippen LogP contribution in [0.1, 0.15) is 62.8 Å². The summed E-state index contributed by atoms with van der Waals surface area (Å²) in [5.74, 6) is 1.65. The second-order valence-corrected chi connectivity index (χ2v) is 6.23. The second kappa shape index (κ2) is 7.09. The van der Waals surface area contributed by atoms with Crippen LogP contribution in [0.4, 0.5) is 5.82 Å². The summed E-state index contributed by atoms with van der Waals surface area (Å²) in [6, 6.07) is 4.30. The zero-order chi connectivity index (χ0) is 15.4. The summed E-state index contributed by atoms with van der Waals surface area (Å²) >= 11 is 0. The molecule has 2 aromatic rings. The SMILES string of the molecule is CCc1cc(NCCCN)n2nc(C3CCCCC3)cc2n1. The molecule has 3 N–H and O–H groups in total. The van der Waals surface area contributed by atoms with Crippen molar-refractivity contribution in [3.63, 3.8) is 0 Å². The van der Waals surface area contributed by atoms with E-state index in [2.05, 4.69) is 24.4 Å². The number of nitrogens with zero attached hydrogens (tertiary/aromatic N) is 3. The van der Waals surface area contributed by atoms with E-state index < -0.39 is 0 Å². The molecule has 0 aliphatic heterocycles. The first-order valence-corrected chi connectivity index (χ1v) is 8.65. The van der Waals surface area contributed by atoms with Crippen LogP contribution in [0.5, 0.6) is 0 Å². The van der Waals surface area contributed by atoms with Gasteiger partial charge in [-0.15, -0.1) is 0 Å². The lowest BCUT2D eigenvalue weighted by Gasteiger charge is -2.19. The Morgan fingerprint density at radius 1 is 1.27 bits per heavy atom. The van der Waals surface area contributed by atoms with E-state index in [1.165, 1.54) is 37.8 Å². The monoisotopic (exact) mass is 301 g/mol. The minimum atomic E-state index is 0.609. The third kappa shape index (κ3) is 3.24. The molecule has 0 amide bonds. The van der Waals surface area contributed by atoms with Crippen molar-refractivity contribution < 1.29 is 0 Å². The number of anilines is 1. The van der Waals surface area contributed by atoms with Gasteiger partial charge in [0.15, 0.2) is 5.65 Å². The summed E-state index contributed by atoms with van der Waals surface area (Å²) in [5.41, 5.74) is 8.88. The Bertz CT molecular complexity index is 613. The summed E-state index contributed by atoms with van der Waals surface area (Å²) in [5, 5.41) is 8.31. The number of nitrogens with one attached hydrogen (secondary N) is 1. The molecule has 3 rings (SSSR count). The van der Waals surface area contributed by atoms with Gasteiger partial charge in [-0.1, -0.05) is 26.2 Å². The van der Waals surface area contributed by atoms with Crippen molar-refractivity contribution in [2.45, 2.75) is 57.8 Å². The quantitative estimate of drug-likeness (QED) is 0.805. The molecule has 120 valence electrons. The fourth-order valence-corrected chi connectivity index (χ4v) is 3.27. The van der Waals surface area contributed by atoms with Crippen LogP contribution in [0.3, 0.4) is 0 Å². The fraction of sp³-hybridized carbons (Fsp3) is 0.647. The van der Waals surface area contributed by atoms with Crippen LogP contribution in [0.2, 0.25) is 0 Å². The fourth-order valence-electron chi connectivity index (χ4n) is 3.27. The predicted molar refractivity (Wildman–Crippen MR) is 90.4 cm³/mol. The van der Waals surface area contributed by atoms with Crippen LogP contribution >= 0.6 is 0 Å². The Balaban J connectivity index is 1.92. The smallest absolute Gasteiger partial charge is 0.157 e. The number of fused-ring (bicyclic) bond motifs is 1. The average molecular weight is 301 g/mol. The van der Waals surface area contributed by atoms with Crippen molar-refractivity contribution in [2.24, 2.45) is 5.73 Å². The predicted octanol–water partition coefficient (Wildman–Crippen LogP) is 3.10. The van der Waals surface area contributed by atoms with Crippen molar-refractivity contribution in [3.8, 4) is 0 Å². The first-order chi connectivity index (χ1) is 10.8. The van der Waals surface area contributed by atoms with Gasteiger partial charge in [0.1, 0.15) is 5.82 Å². The van der Waals surface area contributed by atoms with Gasteiger partial charge >= 0.3 is 0 Å². The summed E-state index contributed by atoms with van der Waals surface area (Å²) in [7, 11) is 0. The Morgan fingerprint density at radius 3 is 2.82 bits per heavy atom. The minimum Gasteiger partial charge on any atom is -0.370 e. The zero-order valence-corrected chi connectivity index (χ0v) is 13.5. The van der Waals surface area contributed by atoms with Crippen LogP contribution in [0.25, 0.3) is 5.65 Å². The van der Waals surface area contributed by atoms with Crippen LogP contribution in [-0.2, 0) is 6.42 Å². The lowest BCUT2D eigenvalue weighted by atomic mass is 9.87. The molecule has 22 heavy (non-hydrogen) atoms. The molecule has 1 fully saturated rings. The lowest BCUT2D eigenvalue weighted by Crippen LogP contribution is -2.12. The van der Waals surface area contributed by atoms with Gasteiger partial charge in [0.2, 0.25) is 0 Å². The van der Waals surface area contributed by atoms with E-state index >= 15 is 0 Å². The lowest BCUT2D eigenvalue weighted by molar-refractivity contribution is 0.435. The van der Waals surface area contributed by atoms with Gasteiger partial charge in [-0.2, -0.15) is 9.61 Å². The average Bonchev–Trinajstić information content (AvgIpc) is 3.00. The van der Waals surface area contributed by atoms with Crippen LogP contribution in [0, 0.1) is 0 Å². The van der Waals surface area contributed by atoms with Gasteiger partial charge in [-0.25, -0.2) is 4.98 Å². The van der Waals surface area contributed by atoms with E-state index in [0.717, 1.165) is 36.5 Å². The Morgan fingerprint density at radius 2 is 2.09 bits per heavy atom. The summed E-state index contributed by atoms with van der Waals surface area (Å²) in [6.07, 6.45) is 8.45. The van der Waals surface area contributed by atoms with E-state index in [-0.39, 0.29) is 0 Å².